The van der Waals surface area contributed by atoms with Crippen molar-refractivity contribution in [3.8, 4) is 11.6 Å². The zero-order valence-electron chi connectivity index (χ0n) is 11.9. The van der Waals surface area contributed by atoms with Crippen molar-refractivity contribution in [1.82, 2.24) is 15.3 Å². The summed E-state index contributed by atoms with van der Waals surface area (Å²) in [5, 5.41) is 14.8. The van der Waals surface area contributed by atoms with E-state index in [1.165, 1.54) is 7.11 Å². The van der Waals surface area contributed by atoms with Crippen LogP contribution in [0.15, 0.2) is 36.5 Å². The fourth-order valence-electron chi connectivity index (χ4n) is 1.70. The summed E-state index contributed by atoms with van der Waals surface area (Å²) in [6.07, 6.45) is 1.08. The molecule has 6 nitrogen and oxygen atoms in total. The number of aliphatic hydroxyl groups is 1. The summed E-state index contributed by atoms with van der Waals surface area (Å²) >= 11 is 5.85. The average molecular weight is 312 g/mol. The van der Waals surface area contributed by atoms with E-state index in [-0.39, 0.29) is 12.6 Å². The van der Waals surface area contributed by atoms with Crippen molar-refractivity contribution in [3.63, 3.8) is 0 Å². The van der Waals surface area contributed by atoms with Gasteiger partial charge in [0.1, 0.15) is 12.7 Å². The minimum Gasteiger partial charge on any atom is -0.474 e. The number of hydroxylamine groups is 1. The van der Waals surface area contributed by atoms with Gasteiger partial charge in [-0.3, -0.25) is 0 Å². The lowest BCUT2D eigenvalue weighted by atomic mass is 10.2. The van der Waals surface area contributed by atoms with Gasteiger partial charge in [0.05, 0.1) is 18.8 Å². The highest BCUT2D eigenvalue weighted by Gasteiger charge is 2.15. The molecular formula is C14H18ClN3O3. The second-order valence-corrected chi connectivity index (χ2v) is 5.00. The van der Waals surface area contributed by atoms with Crippen LogP contribution in [0.3, 0.4) is 0 Å². The fraction of sp³-hybridized carbons (Fsp3) is 0.357. The molecule has 0 amide bonds. The summed E-state index contributed by atoms with van der Waals surface area (Å²) < 4.78 is 7.13. The van der Waals surface area contributed by atoms with Crippen LogP contribution in [0.2, 0.25) is 5.02 Å². The number of hydrogen-bond acceptors (Lipinski definition) is 5. The van der Waals surface area contributed by atoms with Crippen LogP contribution in [-0.4, -0.2) is 40.7 Å². The monoisotopic (exact) mass is 311 g/mol. The maximum Gasteiger partial charge on any atom is 0.233 e. The van der Waals surface area contributed by atoms with Gasteiger partial charge in [-0.15, -0.1) is 5.10 Å². The third-order valence-electron chi connectivity index (χ3n) is 2.94. The zero-order chi connectivity index (χ0) is 15.2. The van der Waals surface area contributed by atoms with Crippen molar-refractivity contribution in [2.45, 2.75) is 19.1 Å². The molecule has 0 aliphatic carbocycles. The van der Waals surface area contributed by atoms with Crippen LogP contribution in [0.1, 0.15) is 6.92 Å². The molecule has 0 fully saturated rings. The van der Waals surface area contributed by atoms with Gasteiger partial charge in [0, 0.05) is 17.3 Å². The van der Waals surface area contributed by atoms with Crippen molar-refractivity contribution < 1.29 is 14.7 Å². The maximum absolute atomic E-state index is 9.85. The van der Waals surface area contributed by atoms with E-state index in [4.69, 9.17) is 21.2 Å². The van der Waals surface area contributed by atoms with E-state index >= 15 is 0 Å². The lowest BCUT2D eigenvalue weighted by molar-refractivity contribution is -0.00428. The highest BCUT2D eigenvalue weighted by Crippen LogP contribution is 2.15. The van der Waals surface area contributed by atoms with E-state index in [2.05, 4.69) is 10.6 Å². The minimum absolute atomic E-state index is 0.120. The molecule has 0 saturated heterocycles. The van der Waals surface area contributed by atoms with Crippen LogP contribution in [0, 0.1) is 0 Å². The first-order chi connectivity index (χ1) is 10.1. The van der Waals surface area contributed by atoms with Gasteiger partial charge in [-0.1, -0.05) is 11.6 Å². The topological polar surface area (TPSA) is 68.5 Å². The van der Waals surface area contributed by atoms with E-state index in [0.29, 0.717) is 10.9 Å². The Morgan fingerprint density at radius 2 is 2.05 bits per heavy atom. The average Bonchev–Trinajstić information content (AvgIpc) is 2.94. The van der Waals surface area contributed by atoms with Gasteiger partial charge in [0.15, 0.2) is 0 Å². The predicted molar refractivity (Wildman–Crippen MR) is 79.7 cm³/mol. The van der Waals surface area contributed by atoms with Gasteiger partial charge < -0.3 is 14.7 Å². The van der Waals surface area contributed by atoms with Crippen molar-refractivity contribution in [2.24, 2.45) is 0 Å². The summed E-state index contributed by atoms with van der Waals surface area (Å²) in [4.78, 5) is 4.75. The van der Waals surface area contributed by atoms with E-state index in [9.17, 15) is 5.11 Å². The quantitative estimate of drug-likeness (QED) is 0.763. The Kier molecular flexibility index (Phi) is 5.58. The molecule has 0 spiro atoms. The summed E-state index contributed by atoms with van der Waals surface area (Å²) in [6, 6.07) is 8.79. The standard InChI is InChI=1S/C14H18ClN3O3/c1-10(17-20-2)13(19)9-21-14-7-8-18(16-14)12-5-3-11(15)4-6-12/h3-8,10,13,17,19H,9H2,1-2H3. The van der Waals surface area contributed by atoms with Crippen LogP contribution in [0.4, 0.5) is 0 Å². The largest absolute Gasteiger partial charge is 0.474 e. The molecule has 2 N–H and O–H groups in total. The number of hydrogen-bond donors (Lipinski definition) is 2. The Bertz CT molecular complexity index is 559. The van der Waals surface area contributed by atoms with Crippen molar-refractivity contribution in [1.29, 1.82) is 0 Å². The van der Waals surface area contributed by atoms with Crippen LogP contribution >= 0.6 is 11.6 Å². The number of rotatable bonds is 7. The number of nitrogens with one attached hydrogen (secondary N) is 1. The first-order valence-electron chi connectivity index (χ1n) is 6.51. The Balaban J connectivity index is 1.93. The molecule has 0 aliphatic heterocycles. The van der Waals surface area contributed by atoms with E-state index in [1.807, 2.05) is 12.1 Å². The van der Waals surface area contributed by atoms with Gasteiger partial charge >= 0.3 is 0 Å². The van der Waals surface area contributed by atoms with Crippen LogP contribution in [-0.2, 0) is 4.84 Å². The summed E-state index contributed by atoms with van der Waals surface area (Å²) in [5.41, 5.74) is 3.53. The molecule has 1 aromatic carbocycles. The Labute approximate surface area is 128 Å². The first-order valence-corrected chi connectivity index (χ1v) is 6.89. The van der Waals surface area contributed by atoms with E-state index < -0.39 is 6.10 Å². The minimum atomic E-state index is -0.703. The molecule has 1 heterocycles. The fourth-order valence-corrected chi connectivity index (χ4v) is 1.83. The second kappa shape index (κ2) is 7.42. The van der Waals surface area contributed by atoms with Crippen molar-refractivity contribution in [3.05, 3.63) is 41.6 Å². The number of ether oxygens (including phenoxy) is 1. The van der Waals surface area contributed by atoms with Crippen molar-refractivity contribution in [2.75, 3.05) is 13.7 Å². The molecule has 1 aromatic heterocycles. The molecular weight excluding hydrogens is 294 g/mol. The Morgan fingerprint density at radius 3 is 2.71 bits per heavy atom. The molecule has 114 valence electrons. The number of aliphatic hydroxyl groups excluding tert-OH is 1. The molecule has 0 radical (unpaired) electrons. The summed E-state index contributed by atoms with van der Waals surface area (Å²) in [6.45, 7) is 1.92. The number of nitrogens with zero attached hydrogens (tertiary/aromatic N) is 2. The molecule has 0 saturated carbocycles. The maximum atomic E-state index is 9.85. The second-order valence-electron chi connectivity index (χ2n) is 4.56. The Morgan fingerprint density at radius 1 is 1.33 bits per heavy atom. The Hall–Kier alpha value is -1.60. The lowest BCUT2D eigenvalue weighted by Crippen LogP contribution is -2.40. The molecule has 21 heavy (non-hydrogen) atoms. The van der Waals surface area contributed by atoms with Crippen LogP contribution in [0.5, 0.6) is 5.88 Å². The smallest absolute Gasteiger partial charge is 0.233 e. The van der Waals surface area contributed by atoms with Gasteiger partial charge in [0.2, 0.25) is 5.88 Å². The molecule has 0 bridgehead atoms. The van der Waals surface area contributed by atoms with E-state index in [1.54, 1.807) is 36.0 Å². The zero-order valence-corrected chi connectivity index (χ0v) is 12.6. The third kappa shape index (κ3) is 4.44. The normalized spacial score (nSPS) is 13.9. The number of aromatic nitrogens is 2. The lowest BCUT2D eigenvalue weighted by Gasteiger charge is -2.18. The van der Waals surface area contributed by atoms with Gasteiger partial charge in [0.25, 0.3) is 0 Å². The summed E-state index contributed by atoms with van der Waals surface area (Å²) in [7, 11) is 1.50. The highest BCUT2D eigenvalue weighted by atomic mass is 35.5. The number of benzene rings is 1. The van der Waals surface area contributed by atoms with Crippen LogP contribution in [0.25, 0.3) is 5.69 Å². The SMILES string of the molecule is CONC(C)C(O)COc1ccn(-c2ccc(Cl)cc2)n1. The summed E-state index contributed by atoms with van der Waals surface area (Å²) in [5.74, 6) is 0.439. The molecule has 2 atom stereocenters. The first kappa shape index (κ1) is 15.8. The van der Waals surface area contributed by atoms with Crippen LogP contribution < -0.4 is 10.2 Å². The van der Waals surface area contributed by atoms with Gasteiger partial charge in [-0.25, -0.2) is 4.68 Å². The van der Waals surface area contributed by atoms with Crippen molar-refractivity contribution >= 4 is 11.6 Å². The molecule has 2 aromatic rings. The van der Waals surface area contributed by atoms with Gasteiger partial charge in [-0.2, -0.15) is 5.48 Å². The molecule has 2 rings (SSSR count). The molecule has 2 unspecified atom stereocenters. The predicted octanol–water partition coefficient (Wildman–Crippen LogP) is 1.80. The number of halogens is 1. The van der Waals surface area contributed by atoms with Gasteiger partial charge in [-0.05, 0) is 31.2 Å². The highest BCUT2D eigenvalue weighted by molar-refractivity contribution is 6.30. The molecule has 7 heteroatoms. The van der Waals surface area contributed by atoms with E-state index in [0.717, 1.165) is 5.69 Å². The third-order valence-corrected chi connectivity index (χ3v) is 3.19. The molecule has 0 aliphatic rings.